The maximum atomic E-state index is 11.9. The van der Waals surface area contributed by atoms with E-state index in [9.17, 15) is 34.5 Å². The molecular weight excluding hydrogens is 418 g/mol. The van der Waals surface area contributed by atoms with E-state index in [0.717, 1.165) is 0 Å². The van der Waals surface area contributed by atoms with Crippen LogP contribution in [0.4, 0.5) is 0 Å². The molecule has 2 rings (SSSR count). The largest absolute Gasteiger partial charge is 0.394 e. The zero-order valence-electron chi connectivity index (χ0n) is 17.1. The molecule has 5 atom stereocenters. The van der Waals surface area contributed by atoms with Crippen molar-refractivity contribution < 1.29 is 53.9 Å². The molecule has 4 N–H and O–H groups in total. The van der Waals surface area contributed by atoms with Crippen LogP contribution in [0.15, 0.2) is 0 Å². The highest BCUT2D eigenvalue weighted by Crippen LogP contribution is 2.22. The number of unbranched alkanes of at least 4 members (excludes halogenated alkanes) is 1. The first-order chi connectivity index (χ1) is 14.7. The number of aliphatic hydroxyl groups excluding tert-OH is 4. The molecule has 2 heterocycles. The number of hydroxylamine groups is 2. The number of imide groups is 1. The van der Waals surface area contributed by atoms with Gasteiger partial charge in [-0.25, -0.2) is 4.79 Å². The fraction of sp³-hybridized carbons (Fsp3) is 0.789. The van der Waals surface area contributed by atoms with Crippen molar-refractivity contribution in [2.45, 2.75) is 82.1 Å². The third-order valence-corrected chi connectivity index (χ3v) is 5.02. The van der Waals surface area contributed by atoms with Crippen molar-refractivity contribution in [3.8, 4) is 0 Å². The molecule has 0 aromatic rings. The van der Waals surface area contributed by atoms with Gasteiger partial charge >= 0.3 is 5.97 Å². The summed E-state index contributed by atoms with van der Waals surface area (Å²) >= 11 is 0. The Kier molecular flexibility index (Phi) is 9.93. The molecule has 0 spiro atoms. The van der Waals surface area contributed by atoms with Crippen LogP contribution in [-0.4, -0.2) is 93.0 Å². The third-order valence-electron chi connectivity index (χ3n) is 5.02. The Bertz CT molecular complexity index is 637. The molecule has 0 aliphatic carbocycles. The van der Waals surface area contributed by atoms with Crippen LogP contribution < -0.4 is 0 Å². The smallest absolute Gasteiger partial charge is 0.333 e. The molecule has 0 aromatic carbocycles. The van der Waals surface area contributed by atoms with Crippen LogP contribution in [-0.2, 0) is 33.5 Å². The minimum absolute atomic E-state index is 0.0233. The van der Waals surface area contributed by atoms with E-state index in [1.165, 1.54) is 0 Å². The second kappa shape index (κ2) is 12.2. The highest BCUT2D eigenvalue weighted by molar-refractivity contribution is 6.01. The van der Waals surface area contributed by atoms with Gasteiger partial charge < -0.3 is 34.7 Å². The maximum Gasteiger partial charge on any atom is 0.333 e. The number of hydrogen-bond acceptors (Lipinski definition) is 11. The van der Waals surface area contributed by atoms with E-state index >= 15 is 0 Å². The van der Waals surface area contributed by atoms with E-state index in [1.807, 2.05) is 0 Å². The van der Waals surface area contributed by atoms with E-state index < -0.39 is 55.1 Å². The highest BCUT2D eigenvalue weighted by atomic mass is 16.7. The minimum atomic E-state index is -1.52. The van der Waals surface area contributed by atoms with Gasteiger partial charge in [0.15, 0.2) is 6.29 Å². The van der Waals surface area contributed by atoms with Crippen LogP contribution >= 0.6 is 0 Å². The van der Waals surface area contributed by atoms with Gasteiger partial charge in [0.1, 0.15) is 30.2 Å². The van der Waals surface area contributed by atoms with Gasteiger partial charge in [-0.15, -0.1) is 5.06 Å². The minimum Gasteiger partial charge on any atom is -0.394 e. The Morgan fingerprint density at radius 3 is 2.19 bits per heavy atom. The molecule has 12 heteroatoms. The number of rotatable bonds is 12. The quantitative estimate of drug-likeness (QED) is 0.198. The van der Waals surface area contributed by atoms with Crippen LogP contribution in [0.25, 0.3) is 0 Å². The SMILES string of the molecule is O=C(CCCCC(=O)ON1C(=O)CCC1=O)CCCO[C@H]1O[C@H](CO)[C@@H](O)[C@H](O)[C@@H]1O. The molecule has 0 radical (unpaired) electrons. The predicted octanol–water partition coefficient (Wildman–Crippen LogP) is -1.68. The summed E-state index contributed by atoms with van der Waals surface area (Å²) in [5.74, 6) is -1.85. The van der Waals surface area contributed by atoms with Crippen LogP contribution in [0.3, 0.4) is 0 Å². The molecule has 0 aromatic heterocycles. The molecule has 2 fully saturated rings. The molecule has 0 saturated carbocycles. The van der Waals surface area contributed by atoms with E-state index in [-0.39, 0.29) is 44.5 Å². The molecule has 2 saturated heterocycles. The molecule has 176 valence electrons. The van der Waals surface area contributed by atoms with Crippen LogP contribution in [0.5, 0.6) is 0 Å². The number of hydrogen-bond donors (Lipinski definition) is 4. The Balaban J connectivity index is 1.55. The fourth-order valence-electron chi connectivity index (χ4n) is 3.20. The summed E-state index contributed by atoms with van der Waals surface area (Å²) in [7, 11) is 0. The lowest BCUT2D eigenvalue weighted by Crippen LogP contribution is -2.59. The summed E-state index contributed by atoms with van der Waals surface area (Å²) in [6.07, 6.45) is -5.18. The highest BCUT2D eigenvalue weighted by Gasteiger charge is 2.43. The van der Waals surface area contributed by atoms with Gasteiger partial charge in [0.05, 0.1) is 13.2 Å². The Morgan fingerprint density at radius 1 is 0.935 bits per heavy atom. The lowest BCUT2D eigenvalue weighted by atomic mass is 9.99. The van der Waals surface area contributed by atoms with E-state index in [2.05, 4.69) is 0 Å². The standard InChI is InChI=1S/C19H29NO11/c21-10-12-16(26)17(27)18(28)19(30-12)29-9-3-5-11(22)4-1-2-6-15(25)31-20-13(23)7-8-14(20)24/h12,16-19,21,26-28H,1-10H2/t12-,16-,17+,18+,19+/m1/s1. The summed E-state index contributed by atoms with van der Waals surface area (Å²) in [5.41, 5.74) is 0. The van der Waals surface area contributed by atoms with Gasteiger partial charge in [-0.2, -0.15) is 0 Å². The number of carbonyl (C=O) groups excluding carboxylic acids is 4. The Hall–Kier alpha value is -1.96. The van der Waals surface area contributed by atoms with Gasteiger partial charge in [-0.1, -0.05) is 0 Å². The first-order valence-corrected chi connectivity index (χ1v) is 10.2. The summed E-state index contributed by atoms with van der Waals surface area (Å²) in [6, 6.07) is 0. The second-order valence-electron chi connectivity index (χ2n) is 7.46. The lowest BCUT2D eigenvalue weighted by molar-refractivity contribution is -0.301. The molecule has 0 bridgehead atoms. The first kappa shape index (κ1) is 25.3. The van der Waals surface area contributed by atoms with Crippen molar-refractivity contribution >= 4 is 23.6 Å². The number of ether oxygens (including phenoxy) is 2. The van der Waals surface area contributed by atoms with Crippen molar-refractivity contribution in [2.24, 2.45) is 0 Å². The summed E-state index contributed by atoms with van der Waals surface area (Å²) in [4.78, 5) is 51.0. The maximum absolute atomic E-state index is 11.9. The van der Waals surface area contributed by atoms with Gasteiger partial charge in [-0.05, 0) is 19.3 Å². The lowest BCUT2D eigenvalue weighted by Gasteiger charge is -2.39. The fourth-order valence-corrected chi connectivity index (χ4v) is 3.20. The number of ketones is 1. The molecular formula is C19H29NO11. The van der Waals surface area contributed by atoms with Crippen molar-refractivity contribution in [3.05, 3.63) is 0 Å². The Morgan fingerprint density at radius 2 is 1.55 bits per heavy atom. The molecule has 0 unspecified atom stereocenters. The Labute approximate surface area is 178 Å². The third kappa shape index (κ3) is 7.30. The average molecular weight is 447 g/mol. The van der Waals surface area contributed by atoms with Gasteiger partial charge in [0.2, 0.25) is 0 Å². The van der Waals surface area contributed by atoms with Crippen LogP contribution in [0.1, 0.15) is 51.4 Å². The normalized spacial score (nSPS) is 28.8. The second-order valence-corrected chi connectivity index (χ2v) is 7.46. The number of carbonyl (C=O) groups is 4. The van der Waals surface area contributed by atoms with Crippen molar-refractivity contribution in [1.29, 1.82) is 0 Å². The first-order valence-electron chi connectivity index (χ1n) is 10.2. The van der Waals surface area contributed by atoms with E-state index in [4.69, 9.17) is 19.4 Å². The van der Waals surface area contributed by atoms with Crippen molar-refractivity contribution in [1.82, 2.24) is 5.06 Å². The van der Waals surface area contributed by atoms with E-state index in [1.54, 1.807) is 0 Å². The molecule has 12 nitrogen and oxygen atoms in total. The number of aliphatic hydroxyl groups is 4. The molecule has 31 heavy (non-hydrogen) atoms. The van der Waals surface area contributed by atoms with Crippen molar-refractivity contribution in [3.63, 3.8) is 0 Å². The monoisotopic (exact) mass is 447 g/mol. The van der Waals surface area contributed by atoms with Gasteiger partial charge in [0, 0.05) is 32.1 Å². The van der Waals surface area contributed by atoms with Crippen molar-refractivity contribution in [2.75, 3.05) is 13.2 Å². The van der Waals surface area contributed by atoms with Crippen LogP contribution in [0, 0.1) is 0 Å². The summed E-state index contributed by atoms with van der Waals surface area (Å²) < 4.78 is 10.5. The summed E-state index contributed by atoms with van der Waals surface area (Å²) in [5, 5.41) is 38.8. The predicted molar refractivity (Wildman–Crippen MR) is 99.6 cm³/mol. The van der Waals surface area contributed by atoms with Gasteiger partial charge in [-0.3, -0.25) is 14.4 Å². The molecule has 2 aliphatic rings. The average Bonchev–Trinajstić information content (AvgIpc) is 3.06. The molecule has 2 amide bonds. The number of nitrogens with zero attached hydrogens (tertiary/aromatic N) is 1. The topological polar surface area (TPSA) is 180 Å². The van der Waals surface area contributed by atoms with Crippen LogP contribution in [0.2, 0.25) is 0 Å². The van der Waals surface area contributed by atoms with Gasteiger partial charge in [0.25, 0.3) is 11.8 Å². The number of Topliss-reactive ketones (excluding diaryl/α,β-unsaturated/α-hetero) is 1. The van der Waals surface area contributed by atoms with E-state index in [0.29, 0.717) is 24.3 Å². The number of amides is 2. The molecule has 2 aliphatic heterocycles. The zero-order valence-corrected chi connectivity index (χ0v) is 17.1. The zero-order chi connectivity index (χ0) is 23.0. The summed E-state index contributed by atoms with van der Waals surface area (Å²) in [6.45, 7) is -0.500.